The summed E-state index contributed by atoms with van der Waals surface area (Å²) in [5, 5.41) is 0. The van der Waals surface area contributed by atoms with E-state index in [0.717, 1.165) is 43.9 Å². The van der Waals surface area contributed by atoms with Gasteiger partial charge in [0.25, 0.3) is 0 Å². The zero-order valence-corrected chi connectivity index (χ0v) is 12.8. The van der Waals surface area contributed by atoms with Crippen molar-refractivity contribution >= 4 is 22.6 Å². The van der Waals surface area contributed by atoms with Gasteiger partial charge < -0.3 is 9.47 Å². The monoisotopic (exact) mass is 297 g/mol. The molecular weight excluding hydrogens is 277 g/mol. The van der Waals surface area contributed by atoms with Gasteiger partial charge >= 0.3 is 0 Å². The maximum atomic E-state index is 13.3. The lowest BCUT2D eigenvalue weighted by atomic mass is 10.3. The molecule has 110 valence electrons. The standard InChI is InChI=1S/C15H21ClFN3/c1-3-7-19(4-2)8-9-20-14-6-5-12(17)10-13(14)18-15(20)11-16/h5-6,10H,3-4,7-9,11H2,1-2H3. The van der Waals surface area contributed by atoms with Crippen LogP contribution in [0.15, 0.2) is 18.2 Å². The van der Waals surface area contributed by atoms with E-state index in [1.165, 1.54) is 12.1 Å². The van der Waals surface area contributed by atoms with E-state index in [1.54, 1.807) is 6.07 Å². The third-order valence-electron chi connectivity index (χ3n) is 3.54. The topological polar surface area (TPSA) is 21.1 Å². The van der Waals surface area contributed by atoms with Crippen molar-refractivity contribution in [1.82, 2.24) is 14.5 Å². The fraction of sp³-hybridized carbons (Fsp3) is 0.533. The average molecular weight is 298 g/mol. The van der Waals surface area contributed by atoms with Gasteiger partial charge in [-0.3, -0.25) is 0 Å². The lowest BCUT2D eigenvalue weighted by molar-refractivity contribution is 0.277. The van der Waals surface area contributed by atoms with Gasteiger partial charge in [-0.05, 0) is 31.6 Å². The molecule has 2 rings (SSSR count). The number of aromatic nitrogens is 2. The zero-order chi connectivity index (χ0) is 14.5. The SMILES string of the molecule is CCCN(CC)CCn1c(CCl)nc2cc(F)ccc21. The highest BCUT2D eigenvalue weighted by Crippen LogP contribution is 2.19. The van der Waals surface area contributed by atoms with Crippen molar-refractivity contribution < 1.29 is 4.39 Å². The van der Waals surface area contributed by atoms with E-state index in [-0.39, 0.29) is 5.82 Å². The molecular formula is C15H21ClFN3. The second-order valence-corrected chi connectivity index (χ2v) is 5.15. The quantitative estimate of drug-likeness (QED) is 0.728. The third kappa shape index (κ3) is 3.30. The molecule has 0 fully saturated rings. The van der Waals surface area contributed by atoms with E-state index in [0.29, 0.717) is 11.4 Å². The molecule has 0 bridgehead atoms. The second-order valence-electron chi connectivity index (χ2n) is 4.88. The summed E-state index contributed by atoms with van der Waals surface area (Å²) in [7, 11) is 0. The van der Waals surface area contributed by atoms with Crippen LogP contribution in [0.4, 0.5) is 4.39 Å². The molecule has 0 N–H and O–H groups in total. The molecule has 0 spiro atoms. The summed E-state index contributed by atoms with van der Waals surface area (Å²) < 4.78 is 15.4. The van der Waals surface area contributed by atoms with E-state index < -0.39 is 0 Å². The summed E-state index contributed by atoms with van der Waals surface area (Å²) in [5.41, 5.74) is 1.63. The molecule has 0 aliphatic heterocycles. The van der Waals surface area contributed by atoms with Crippen molar-refractivity contribution in [1.29, 1.82) is 0 Å². The fourth-order valence-electron chi connectivity index (χ4n) is 2.49. The van der Waals surface area contributed by atoms with Crippen LogP contribution in [0, 0.1) is 5.82 Å². The Labute approximate surface area is 124 Å². The van der Waals surface area contributed by atoms with Crippen molar-refractivity contribution in [3.63, 3.8) is 0 Å². The first-order valence-electron chi connectivity index (χ1n) is 7.12. The number of halogens is 2. The lowest BCUT2D eigenvalue weighted by Crippen LogP contribution is -2.28. The van der Waals surface area contributed by atoms with Crippen molar-refractivity contribution in [2.45, 2.75) is 32.7 Å². The van der Waals surface area contributed by atoms with Gasteiger partial charge in [-0.25, -0.2) is 9.37 Å². The molecule has 1 aromatic carbocycles. The first kappa shape index (κ1) is 15.3. The Morgan fingerprint density at radius 1 is 1.30 bits per heavy atom. The number of fused-ring (bicyclic) bond motifs is 1. The van der Waals surface area contributed by atoms with Gasteiger partial charge in [0.1, 0.15) is 11.6 Å². The number of hydrogen-bond donors (Lipinski definition) is 0. The Balaban J connectivity index is 2.23. The van der Waals surface area contributed by atoms with E-state index >= 15 is 0 Å². The van der Waals surface area contributed by atoms with Gasteiger partial charge in [-0.15, -0.1) is 11.6 Å². The van der Waals surface area contributed by atoms with Gasteiger partial charge in [0.2, 0.25) is 0 Å². The lowest BCUT2D eigenvalue weighted by Gasteiger charge is -2.20. The molecule has 2 aromatic rings. The van der Waals surface area contributed by atoms with Crippen molar-refractivity contribution in [2.75, 3.05) is 19.6 Å². The van der Waals surface area contributed by atoms with Crippen LogP contribution in [0.3, 0.4) is 0 Å². The average Bonchev–Trinajstić information content (AvgIpc) is 2.80. The summed E-state index contributed by atoms with van der Waals surface area (Å²) in [5.74, 6) is 0.889. The Hall–Kier alpha value is -1.13. The maximum absolute atomic E-state index is 13.3. The molecule has 0 radical (unpaired) electrons. The molecule has 0 unspecified atom stereocenters. The Morgan fingerprint density at radius 3 is 2.75 bits per heavy atom. The molecule has 1 aromatic heterocycles. The minimum Gasteiger partial charge on any atom is -0.326 e. The first-order valence-corrected chi connectivity index (χ1v) is 7.66. The minimum absolute atomic E-state index is 0.260. The number of likely N-dealkylation sites (N-methyl/N-ethyl adjacent to an activating group) is 1. The first-order chi connectivity index (χ1) is 9.69. The summed E-state index contributed by atoms with van der Waals surface area (Å²) in [6.07, 6.45) is 1.14. The number of rotatable bonds is 7. The predicted octanol–water partition coefficient (Wildman–Crippen LogP) is 3.65. The van der Waals surface area contributed by atoms with E-state index in [1.807, 2.05) is 0 Å². The molecule has 20 heavy (non-hydrogen) atoms. The zero-order valence-electron chi connectivity index (χ0n) is 12.1. The number of imidazole rings is 1. The summed E-state index contributed by atoms with van der Waals surface area (Å²) in [4.78, 5) is 6.81. The van der Waals surface area contributed by atoms with Crippen LogP contribution in [0.25, 0.3) is 11.0 Å². The molecule has 5 heteroatoms. The molecule has 0 saturated heterocycles. The van der Waals surface area contributed by atoms with Crippen LogP contribution < -0.4 is 0 Å². The van der Waals surface area contributed by atoms with Crippen LogP contribution >= 0.6 is 11.6 Å². The van der Waals surface area contributed by atoms with E-state index in [2.05, 4.69) is 28.3 Å². The van der Waals surface area contributed by atoms with Crippen LogP contribution in [0.1, 0.15) is 26.1 Å². The summed E-state index contributed by atoms with van der Waals surface area (Å²) >= 11 is 5.96. The van der Waals surface area contributed by atoms with Crippen LogP contribution in [-0.4, -0.2) is 34.1 Å². The van der Waals surface area contributed by atoms with Crippen molar-refractivity contribution in [3.05, 3.63) is 29.8 Å². The van der Waals surface area contributed by atoms with Gasteiger partial charge in [0, 0.05) is 19.2 Å². The smallest absolute Gasteiger partial charge is 0.125 e. The van der Waals surface area contributed by atoms with Crippen LogP contribution in [0.2, 0.25) is 0 Å². The second kappa shape index (κ2) is 7.04. The molecule has 0 aliphatic carbocycles. The van der Waals surface area contributed by atoms with Gasteiger partial charge in [-0.1, -0.05) is 13.8 Å². The molecule has 0 saturated carbocycles. The Kier molecular flexibility index (Phi) is 5.38. The van der Waals surface area contributed by atoms with Crippen LogP contribution in [-0.2, 0) is 12.4 Å². The normalized spacial score (nSPS) is 11.7. The number of benzene rings is 1. The minimum atomic E-state index is -0.260. The van der Waals surface area contributed by atoms with E-state index in [4.69, 9.17) is 11.6 Å². The largest absolute Gasteiger partial charge is 0.326 e. The molecule has 0 atom stereocenters. The van der Waals surface area contributed by atoms with Crippen LogP contribution in [0.5, 0.6) is 0 Å². The van der Waals surface area contributed by atoms with E-state index in [9.17, 15) is 4.39 Å². The Bertz CT molecular complexity index is 567. The van der Waals surface area contributed by atoms with Gasteiger partial charge in [0.05, 0.1) is 16.9 Å². The highest BCUT2D eigenvalue weighted by molar-refractivity contribution is 6.16. The summed E-state index contributed by atoms with van der Waals surface area (Å²) in [6.45, 7) is 8.26. The molecule has 1 heterocycles. The summed E-state index contributed by atoms with van der Waals surface area (Å²) in [6, 6.07) is 4.72. The maximum Gasteiger partial charge on any atom is 0.125 e. The third-order valence-corrected chi connectivity index (χ3v) is 3.77. The molecule has 0 aliphatic rings. The number of hydrogen-bond acceptors (Lipinski definition) is 2. The molecule has 0 amide bonds. The highest BCUT2D eigenvalue weighted by atomic mass is 35.5. The Morgan fingerprint density at radius 2 is 2.10 bits per heavy atom. The predicted molar refractivity (Wildman–Crippen MR) is 81.7 cm³/mol. The fourth-order valence-corrected chi connectivity index (χ4v) is 2.69. The van der Waals surface area contributed by atoms with Crippen molar-refractivity contribution in [3.8, 4) is 0 Å². The van der Waals surface area contributed by atoms with Gasteiger partial charge in [0.15, 0.2) is 0 Å². The van der Waals surface area contributed by atoms with Crippen molar-refractivity contribution in [2.24, 2.45) is 0 Å². The number of nitrogens with zero attached hydrogens (tertiary/aromatic N) is 3. The highest BCUT2D eigenvalue weighted by Gasteiger charge is 2.11. The molecule has 3 nitrogen and oxygen atoms in total. The number of alkyl halides is 1. The van der Waals surface area contributed by atoms with Gasteiger partial charge in [-0.2, -0.15) is 0 Å².